The Morgan fingerprint density at radius 3 is 1.79 bits per heavy atom. The molecule has 5 nitrogen and oxygen atoms in total. The van der Waals surface area contributed by atoms with Crippen molar-refractivity contribution in [1.82, 2.24) is 0 Å². The molecule has 3 aromatic rings. The molecular weight excluding hydrogens is 689 g/mol. The third kappa shape index (κ3) is 9.54. The van der Waals surface area contributed by atoms with Crippen LogP contribution < -0.4 is 10.4 Å². The molecule has 0 unspecified atom stereocenters. The lowest BCUT2D eigenvalue weighted by molar-refractivity contribution is -0.155. The van der Waals surface area contributed by atoms with Gasteiger partial charge in [0.1, 0.15) is 0 Å². The maximum atomic E-state index is 12.9. The van der Waals surface area contributed by atoms with E-state index in [2.05, 4.69) is 155 Å². The van der Waals surface area contributed by atoms with E-state index in [-0.39, 0.29) is 34.6 Å². The van der Waals surface area contributed by atoms with Crippen LogP contribution in [-0.4, -0.2) is 58.9 Å². The first-order valence-electron chi connectivity index (χ1n) is 19.7. The zero-order valence-electron chi connectivity index (χ0n) is 34.7. The lowest BCUT2D eigenvalue weighted by Gasteiger charge is -2.56. The predicted molar refractivity (Wildman–Crippen MR) is 227 cm³/mol. The standard InChI is InChI=1S/C46H70O5Si2/c1-13-45(8,9)39(31-47)42(48)41-38(33-50-53(44(5,6)7,36-25-19-15-20-26-36)37-27-21-16-22-28-37)40(51-52(11,12)43(2,3)4)29-30-46(41,10)34-49-32-35-23-17-14-18-24-35/h13-28,38-42,47-48H,1,29-34H2,2-12H3/t38-,39+,40+,41+,42+,46+/m1/s1. The van der Waals surface area contributed by atoms with Gasteiger partial charge in [-0.2, -0.15) is 0 Å². The summed E-state index contributed by atoms with van der Waals surface area (Å²) in [5, 5.41) is 26.1. The molecule has 0 heterocycles. The van der Waals surface area contributed by atoms with Crippen LogP contribution in [0.5, 0.6) is 0 Å². The molecule has 0 aliphatic heterocycles. The highest BCUT2D eigenvalue weighted by atomic mass is 28.4. The molecule has 53 heavy (non-hydrogen) atoms. The van der Waals surface area contributed by atoms with Crippen molar-refractivity contribution in [2.75, 3.05) is 19.8 Å². The van der Waals surface area contributed by atoms with Gasteiger partial charge < -0.3 is 23.8 Å². The van der Waals surface area contributed by atoms with Gasteiger partial charge in [0.25, 0.3) is 8.32 Å². The SMILES string of the molecule is C=CC(C)(C)[C@@H](CO)[C@H](O)[C@@H]1[C@H](CO[Si](c2ccccc2)(c2ccccc2)C(C)(C)C)[C@@H](O[Si](C)(C)C(C)(C)C)CC[C@@]1(C)COCc1ccccc1. The fourth-order valence-electron chi connectivity index (χ4n) is 8.49. The smallest absolute Gasteiger partial charge is 0.261 e. The monoisotopic (exact) mass is 758 g/mol. The van der Waals surface area contributed by atoms with E-state index in [1.54, 1.807) is 0 Å². The van der Waals surface area contributed by atoms with Crippen LogP contribution in [0.4, 0.5) is 0 Å². The van der Waals surface area contributed by atoms with Crippen LogP contribution in [0, 0.1) is 28.6 Å². The van der Waals surface area contributed by atoms with Gasteiger partial charge in [0.05, 0.1) is 25.4 Å². The molecule has 1 saturated carbocycles. The van der Waals surface area contributed by atoms with Gasteiger partial charge in [0, 0.05) is 31.0 Å². The van der Waals surface area contributed by atoms with Crippen molar-refractivity contribution in [3.05, 3.63) is 109 Å². The van der Waals surface area contributed by atoms with Crippen LogP contribution >= 0.6 is 0 Å². The van der Waals surface area contributed by atoms with Crippen molar-refractivity contribution in [2.24, 2.45) is 28.6 Å². The molecular formula is C46H70O5Si2. The first-order valence-corrected chi connectivity index (χ1v) is 24.5. The molecule has 3 aromatic carbocycles. The van der Waals surface area contributed by atoms with Crippen LogP contribution in [0.15, 0.2) is 104 Å². The molecule has 1 aliphatic rings. The van der Waals surface area contributed by atoms with Crippen LogP contribution in [0.2, 0.25) is 23.2 Å². The predicted octanol–water partition coefficient (Wildman–Crippen LogP) is 9.38. The Morgan fingerprint density at radius 1 is 0.830 bits per heavy atom. The maximum absolute atomic E-state index is 12.9. The van der Waals surface area contributed by atoms with Gasteiger partial charge in [-0.15, -0.1) is 6.58 Å². The molecule has 0 bridgehead atoms. The number of hydrogen-bond acceptors (Lipinski definition) is 5. The Morgan fingerprint density at radius 2 is 1.34 bits per heavy atom. The molecule has 0 aromatic heterocycles. The van der Waals surface area contributed by atoms with Crippen molar-refractivity contribution in [1.29, 1.82) is 0 Å². The van der Waals surface area contributed by atoms with Crippen molar-refractivity contribution in [2.45, 2.75) is 117 Å². The number of rotatable bonds is 16. The highest BCUT2D eigenvalue weighted by Crippen LogP contribution is 2.53. The van der Waals surface area contributed by atoms with Crippen molar-refractivity contribution in [3.63, 3.8) is 0 Å². The topological polar surface area (TPSA) is 68.2 Å². The molecule has 6 atom stereocenters. The third-order valence-electron chi connectivity index (χ3n) is 12.9. The fraction of sp³-hybridized carbons (Fsp3) is 0.565. The Labute approximate surface area is 324 Å². The van der Waals surface area contributed by atoms with Crippen LogP contribution in [0.3, 0.4) is 0 Å². The van der Waals surface area contributed by atoms with E-state index in [1.807, 2.05) is 24.3 Å². The Bertz CT molecular complexity index is 1520. The summed E-state index contributed by atoms with van der Waals surface area (Å²) >= 11 is 0. The molecule has 292 valence electrons. The van der Waals surface area contributed by atoms with E-state index < -0.39 is 39.5 Å². The Hall–Kier alpha value is -2.37. The third-order valence-corrected chi connectivity index (χ3v) is 22.4. The molecule has 4 rings (SSSR count). The van der Waals surface area contributed by atoms with E-state index in [9.17, 15) is 10.2 Å². The maximum Gasteiger partial charge on any atom is 0.261 e. The number of benzene rings is 3. The van der Waals surface area contributed by atoms with E-state index >= 15 is 0 Å². The molecule has 0 saturated heterocycles. The molecule has 1 aliphatic carbocycles. The minimum absolute atomic E-state index is 0.00250. The minimum Gasteiger partial charge on any atom is -0.414 e. The normalized spacial score (nSPS) is 23.0. The zero-order chi connectivity index (χ0) is 39.3. The van der Waals surface area contributed by atoms with Crippen molar-refractivity contribution in [3.8, 4) is 0 Å². The molecule has 0 spiro atoms. The van der Waals surface area contributed by atoms with Crippen LogP contribution in [0.25, 0.3) is 0 Å². The first-order chi connectivity index (χ1) is 24.7. The number of hydrogen-bond donors (Lipinski definition) is 2. The molecule has 1 fully saturated rings. The summed E-state index contributed by atoms with van der Waals surface area (Å²) in [6, 6.07) is 31.8. The Balaban J connectivity index is 1.90. The molecule has 7 heteroatoms. The van der Waals surface area contributed by atoms with Crippen LogP contribution in [0.1, 0.15) is 80.7 Å². The quantitative estimate of drug-likeness (QED) is 0.113. The van der Waals surface area contributed by atoms with Crippen molar-refractivity contribution >= 4 is 27.0 Å². The summed E-state index contributed by atoms with van der Waals surface area (Å²) in [4.78, 5) is 0. The van der Waals surface area contributed by atoms with Gasteiger partial charge in [0.2, 0.25) is 0 Å². The average Bonchev–Trinajstić information content (AvgIpc) is 3.10. The lowest BCUT2D eigenvalue weighted by atomic mass is 9.56. The van der Waals surface area contributed by atoms with E-state index in [4.69, 9.17) is 13.6 Å². The van der Waals surface area contributed by atoms with Gasteiger partial charge in [0.15, 0.2) is 8.32 Å². The highest BCUT2D eigenvalue weighted by Gasteiger charge is 2.57. The zero-order valence-corrected chi connectivity index (χ0v) is 36.7. The summed E-state index contributed by atoms with van der Waals surface area (Å²) in [5.41, 5.74) is 0.179. The van der Waals surface area contributed by atoms with Gasteiger partial charge in [-0.05, 0) is 62.8 Å². The lowest BCUT2D eigenvalue weighted by Crippen LogP contribution is -2.68. The first kappa shape index (κ1) is 43.4. The van der Waals surface area contributed by atoms with Crippen LogP contribution in [-0.2, 0) is 20.2 Å². The molecule has 0 radical (unpaired) electrons. The minimum atomic E-state index is -2.94. The van der Waals surface area contributed by atoms with E-state index in [0.29, 0.717) is 19.8 Å². The fourth-order valence-corrected chi connectivity index (χ4v) is 14.5. The number of aliphatic hydroxyl groups excluding tert-OH is 2. The highest BCUT2D eigenvalue weighted by molar-refractivity contribution is 6.99. The Kier molecular flexibility index (Phi) is 14.1. The van der Waals surface area contributed by atoms with Gasteiger partial charge in [-0.1, -0.05) is 159 Å². The van der Waals surface area contributed by atoms with E-state index in [0.717, 1.165) is 18.4 Å². The summed E-state index contributed by atoms with van der Waals surface area (Å²) in [6.07, 6.45) is 2.54. The second kappa shape index (κ2) is 17.2. The van der Waals surface area contributed by atoms with Gasteiger partial charge >= 0.3 is 0 Å². The molecule has 0 amide bonds. The van der Waals surface area contributed by atoms with E-state index in [1.165, 1.54) is 10.4 Å². The van der Waals surface area contributed by atoms with Gasteiger partial charge in [-0.3, -0.25) is 0 Å². The summed E-state index contributed by atoms with van der Waals surface area (Å²) in [5.74, 6) is -0.911. The van der Waals surface area contributed by atoms with Crippen molar-refractivity contribution < 1.29 is 23.8 Å². The largest absolute Gasteiger partial charge is 0.414 e. The number of allylic oxidation sites excluding steroid dienone is 1. The number of ether oxygens (including phenoxy) is 1. The summed E-state index contributed by atoms with van der Waals surface area (Å²) in [6.45, 7) is 30.2. The average molecular weight is 759 g/mol. The second-order valence-electron chi connectivity index (χ2n) is 19.1. The summed E-state index contributed by atoms with van der Waals surface area (Å²) < 4.78 is 21.8. The van der Waals surface area contributed by atoms with Gasteiger partial charge in [-0.25, -0.2) is 0 Å². The number of aliphatic hydroxyl groups is 2. The summed E-state index contributed by atoms with van der Waals surface area (Å²) in [7, 11) is -5.20. The molecule has 2 N–H and O–H groups in total. The second-order valence-corrected chi connectivity index (χ2v) is 28.1.